The summed E-state index contributed by atoms with van der Waals surface area (Å²) in [5.74, 6) is 1.86. The number of hydrogen-bond acceptors (Lipinski definition) is 1. The summed E-state index contributed by atoms with van der Waals surface area (Å²) >= 11 is 0. The highest BCUT2D eigenvalue weighted by Gasteiger charge is 2.34. The molecule has 0 bridgehead atoms. The van der Waals surface area contributed by atoms with Crippen LogP contribution in [-0.4, -0.2) is 13.1 Å². The molecule has 2 unspecified atom stereocenters. The van der Waals surface area contributed by atoms with Gasteiger partial charge in [-0.2, -0.15) is 0 Å². The molecule has 1 heteroatoms. The van der Waals surface area contributed by atoms with Crippen molar-refractivity contribution in [3.8, 4) is 0 Å². The summed E-state index contributed by atoms with van der Waals surface area (Å²) < 4.78 is 0. The van der Waals surface area contributed by atoms with Crippen molar-refractivity contribution in [3.63, 3.8) is 0 Å². The summed E-state index contributed by atoms with van der Waals surface area (Å²) in [6, 6.07) is 0. The molecule has 1 saturated carbocycles. The fourth-order valence-corrected chi connectivity index (χ4v) is 3.48. The first-order valence-electron chi connectivity index (χ1n) is 8.44. The van der Waals surface area contributed by atoms with Crippen LogP contribution in [0.5, 0.6) is 0 Å². The van der Waals surface area contributed by atoms with Crippen molar-refractivity contribution in [1.29, 1.82) is 0 Å². The van der Waals surface area contributed by atoms with Gasteiger partial charge in [0.1, 0.15) is 0 Å². The molecule has 0 amide bonds. The van der Waals surface area contributed by atoms with Crippen LogP contribution in [0.4, 0.5) is 0 Å². The summed E-state index contributed by atoms with van der Waals surface area (Å²) in [6.45, 7) is 16.8. The lowest BCUT2D eigenvalue weighted by atomic mass is 9.65. The summed E-state index contributed by atoms with van der Waals surface area (Å²) in [6.07, 6.45) is 8.33. The van der Waals surface area contributed by atoms with Crippen molar-refractivity contribution >= 4 is 0 Å². The van der Waals surface area contributed by atoms with Crippen LogP contribution in [0, 0.1) is 22.7 Å². The minimum absolute atomic E-state index is 0.489. The molecule has 0 saturated heterocycles. The molecular weight excluding hydrogens is 230 g/mol. The molecule has 1 rings (SSSR count). The molecule has 19 heavy (non-hydrogen) atoms. The van der Waals surface area contributed by atoms with Crippen molar-refractivity contribution in [2.75, 3.05) is 13.1 Å². The van der Waals surface area contributed by atoms with Gasteiger partial charge in [0, 0.05) is 0 Å². The standard InChI is InChI=1S/C18H37N/c1-7-12-19-14-16-9-11-18(5,6)13-15(16)8-10-17(2,3)4/h15-16,19H,7-14H2,1-6H3. The lowest BCUT2D eigenvalue weighted by molar-refractivity contribution is 0.100. The third kappa shape index (κ3) is 6.79. The highest BCUT2D eigenvalue weighted by molar-refractivity contribution is 4.86. The van der Waals surface area contributed by atoms with Crippen molar-refractivity contribution in [1.82, 2.24) is 5.32 Å². The second-order valence-electron chi connectivity index (χ2n) is 8.73. The van der Waals surface area contributed by atoms with E-state index in [-0.39, 0.29) is 0 Å². The molecule has 1 aliphatic rings. The second-order valence-corrected chi connectivity index (χ2v) is 8.73. The fourth-order valence-electron chi connectivity index (χ4n) is 3.48. The monoisotopic (exact) mass is 267 g/mol. The van der Waals surface area contributed by atoms with Crippen LogP contribution in [0.3, 0.4) is 0 Å². The topological polar surface area (TPSA) is 12.0 Å². The lowest BCUT2D eigenvalue weighted by Crippen LogP contribution is -2.36. The average molecular weight is 268 g/mol. The van der Waals surface area contributed by atoms with E-state index < -0.39 is 0 Å². The van der Waals surface area contributed by atoms with Gasteiger partial charge in [0.2, 0.25) is 0 Å². The van der Waals surface area contributed by atoms with Gasteiger partial charge >= 0.3 is 0 Å². The molecule has 0 aromatic carbocycles. The smallest absolute Gasteiger partial charge is 0.00179 e. The largest absolute Gasteiger partial charge is 0.316 e. The van der Waals surface area contributed by atoms with Crippen LogP contribution in [-0.2, 0) is 0 Å². The summed E-state index contributed by atoms with van der Waals surface area (Å²) in [4.78, 5) is 0. The normalized spacial score (nSPS) is 27.5. The zero-order chi connectivity index (χ0) is 14.5. The molecule has 0 aliphatic heterocycles. The zero-order valence-corrected chi connectivity index (χ0v) is 14.3. The molecule has 0 aromatic heterocycles. The average Bonchev–Trinajstić information content (AvgIpc) is 2.27. The molecule has 1 N–H and O–H groups in total. The zero-order valence-electron chi connectivity index (χ0n) is 14.3. The Kier molecular flexibility index (Phi) is 6.36. The van der Waals surface area contributed by atoms with E-state index in [0.717, 1.165) is 11.8 Å². The van der Waals surface area contributed by atoms with Crippen molar-refractivity contribution < 1.29 is 0 Å². The van der Waals surface area contributed by atoms with Crippen molar-refractivity contribution in [2.45, 2.75) is 80.1 Å². The number of hydrogen-bond donors (Lipinski definition) is 1. The van der Waals surface area contributed by atoms with Gasteiger partial charge in [-0.25, -0.2) is 0 Å². The summed E-state index contributed by atoms with van der Waals surface area (Å²) in [5, 5.41) is 3.66. The van der Waals surface area contributed by atoms with Crippen molar-refractivity contribution in [2.24, 2.45) is 22.7 Å². The maximum atomic E-state index is 3.66. The van der Waals surface area contributed by atoms with Gasteiger partial charge < -0.3 is 5.32 Å². The third-order valence-corrected chi connectivity index (χ3v) is 4.77. The Morgan fingerprint density at radius 3 is 2.42 bits per heavy atom. The summed E-state index contributed by atoms with van der Waals surface area (Å²) in [5.41, 5.74) is 1.06. The first-order chi connectivity index (χ1) is 8.73. The third-order valence-electron chi connectivity index (χ3n) is 4.77. The van der Waals surface area contributed by atoms with Gasteiger partial charge in [0.15, 0.2) is 0 Å². The first-order valence-corrected chi connectivity index (χ1v) is 8.44. The molecule has 1 nitrogen and oxygen atoms in total. The molecule has 114 valence electrons. The van der Waals surface area contributed by atoms with Gasteiger partial charge in [-0.1, -0.05) is 41.5 Å². The Bertz CT molecular complexity index is 249. The summed E-state index contributed by atoms with van der Waals surface area (Å²) in [7, 11) is 0. The van der Waals surface area contributed by atoms with E-state index in [1.807, 2.05) is 0 Å². The Morgan fingerprint density at radius 1 is 1.16 bits per heavy atom. The molecule has 0 spiro atoms. The highest BCUT2D eigenvalue weighted by atomic mass is 14.9. The van der Waals surface area contributed by atoms with Gasteiger partial charge in [-0.3, -0.25) is 0 Å². The van der Waals surface area contributed by atoms with Crippen LogP contribution in [0.15, 0.2) is 0 Å². The Labute approximate surface area is 121 Å². The molecule has 2 atom stereocenters. The van der Waals surface area contributed by atoms with Crippen LogP contribution in [0.1, 0.15) is 80.1 Å². The van der Waals surface area contributed by atoms with Gasteiger partial charge in [-0.05, 0) is 74.3 Å². The molecule has 0 radical (unpaired) electrons. The predicted molar refractivity (Wildman–Crippen MR) is 86.5 cm³/mol. The molecule has 1 fully saturated rings. The molecule has 1 aliphatic carbocycles. The number of nitrogens with one attached hydrogen (secondary N) is 1. The van der Waals surface area contributed by atoms with Gasteiger partial charge in [0.25, 0.3) is 0 Å². The van der Waals surface area contributed by atoms with E-state index in [9.17, 15) is 0 Å². The Hall–Kier alpha value is -0.0400. The van der Waals surface area contributed by atoms with E-state index in [2.05, 4.69) is 46.9 Å². The Morgan fingerprint density at radius 2 is 1.84 bits per heavy atom. The SMILES string of the molecule is CCCNCC1CCC(C)(C)CC1CCC(C)(C)C. The number of rotatable bonds is 6. The maximum Gasteiger partial charge on any atom is -0.00179 e. The van der Waals surface area contributed by atoms with Gasteiger partial charge in [0.05, 0.1) is 0 Å². The first kappa shape index (κ1) is 17.0. The quantitative estimate of drug-likeness (QED) is 0.648. The van der Waals surface area contributed by atoms with E-state index in [1.165, 1.54) is 51.6 Å². The second kappa shape index (κ2) is 7.11. The minimum atomic E-state index is 0.489. The van der Waals surface area contributed by atoms with E-state index >= 15 is 0 Å². The van der Waals surface area contributed by atoms with Crippen LogP contribution < -0.4 is 5.32 Å². The van der Waals surface area contributed by atoms with Crippen LogP contribution >= 0.6 is 0 Å². The van der Waals surface area contributed by atoms with E-state index in [0.29, 0.717) is 10.8 Å². The van der Waals surface area contributed by atoms with Crippen LogP contribution in [0.25, 0.3) is 0 Å². The Balaban J connectivity index is 2.51. The molecule has 0 aromatic rings. The van der Waals surface area contributed by atoms with Crippen LogP contribution in [0.2, 0.25) is 0 Å². The molecular formula is C18H37N. The van der Waals surface area contributed by atoms with Crippen molar-refractivity contribution in [3.05, 3.63) is 0 Å². The fraction of sp³-hybridized carbons (Fsp3) is 1.00. The maximum absolute atomic E-state index is 3.66. The minimum Gasteiger partial charge on any atom is -0.316 e. The lowest BCUT2D eigenvalue weighted by Gasteiger charge is -2.42. The predicted octanol–water partition coefficient (Wildman–Crippen LogP) is 5.25. The van der Waals surface area contributed by atoms with E-state index in [1.54, 1.807) is 0 Å². The highest BCUT2D eigenvalue weighted by Crippen LogP contribution is 2.44. The van der Waals surface area contributed by atoms with E-state index in [4.69, 9.17) is 0 Å². The van der Waals surface area contributed by atoms with Gasteiger partial charge in [-0.15, -0.1) is 0 Å². The molecule has 0 heterocycles.